The monoisotopic (exact) mass is 265 g/mol. The number of aliphatic imine (C=N–C) groups is 1. The summed E-state index contributed by atoms with van der Waals surface area (Å²) < 4.78 is 0. The summed E-state index contributed by atoms with van der Waals surface area (Å²) >= 11 is 0. The van der Waals surface area contributed by atoms with Gasteiger partial charge in [0.25, 0.3) is 0 Å². The first-order valence-electron chi connectivity index (χ1n) is 8.05. The topological polar surface area (TPSA) is 50.4 Å². The number of rotatable bonds is 2. The molecule has 0 radical (unpaired) electrons. The van der Waals surface area contributed by atoms with Crippen molar-refractivity contribution in [1.29, 1.82) is 0 Å². The lowest BCUT2D eigenvalue weighted by Gasteiger charge is -2.37. The number of nitrogens with one attached hydrogen (secondary N) is 1. The second-order valence-corrected chi connectivity index (χ2v) is 7.51. The minimum absolute atomic E-state index is 0.448. The van der Waals surface area contributed by atoms with E-state index in [1.165, 1.54) is 51.4 Å². The van der Waals surface area contributed by atoms with Crippen LogP contribution in [0.15, 0.2) is 4.99 Å². The molecule has 3 nitrogen and oxygen atoms in total. The fraction of sp³-hybridized carbons (Fsp3) is 0.938. The molecule has 3 N–H and O–H groups in total. The van der Waals surface area contributed by atoms with Gasteiger partial charge in [-0.15, -0.1) is 0 Å². The highest BCUT2D eigenvalue weighted by Gasteiger charge is 2.31. The van der Waals surface area contributed by atoms with Gasteiger partial charge in [-0.2, -0.15) is 0 Å². The fourth-order valence-corrected chi connectivity index (χ4v) is 3.72. The van der Waals surface area contributed by atoms with Gasteiger partial charge in [0, 0.05) is 5.92 Å². The van der Waals surface area contributed by atoms with Crippen LogP contribution in [-0.2, 0) is 0 Å². The average Bonchev–Trinajstić information content (AvgIpc) is 2.88. The van der Waals surface area contributed by atoms with Crippen LogP contribution < -0.4 is 11.3 Å². The Morgan fingerprint density at radius 1 is 1.00 bits per heavy atom. The molecule has 2 saturated carbocycles. The van der Waals surface area contributed by atoms with Gasteiger partial charge in [0.05, 0.1) is 6.04 Å². The minimum Gasteiger partial charge on any atom is -0.312 e. The van der Waals surface area contributed by atoms with Crippen molar-refractivity contribution in [3.8, 4) is 0 Å². The third-order valence-electron chi connectivity index (χ3n) is 5.13. The lowest BCUT2D eigenvalue weighted by molar-refractivity contribution is 0.166. The zero-order chi connectivity index (χ0) is 13.9. The van der Waals surface area contributed by atoms with E-state index >= 15 is 0 Å². The van der Waals surface area contributed by atoms with Gasteiger partial charge in [-0.25, -0.2) is 5.84 Å². The molecule has 2 aliphatic carbocycles. The maximum absolute atomic E-state index is 5.72. The maximum atomic E-state index is 5.72. The van der Waals surface area contributed by atoms with Crippen molar-refractivity contribution in [2.75, 3.05) is 0 Å². The van der Waals surface area contributed by atoms with Crippen LogP contribution in [0.25, 0.3) is 0 Å². The predicted octanol–water partition coefficient (Wildman–Crippen LogP) is 3.64. The van der Waals surface area contributed by atoms with Crippen molar-refractivity contribution < 1.29 is 0 Å². The summed E-state index contributed by atoms with van der Waals surface area (Å²) in [7, 11) is 0. The third kappa shape index (κ3) is 3.95. The van der Waals surface area contributed by atoms with E-state index in [-0.39, 0.29) is 0 Å². The molecule has 0 spiro atoms. The molecule has 0 aromatic heterocycles. The first-order valence-corrected chi connectivity index (χ1v) is 8.05. The van der Waals surface area contributed by atoms with Crippen LogP contribution in [0.2, 0.25) is 0 Å². The quantitative estimate of drug-likeness (QED) is 0.346. The van der Waals surface area contributed by atoms with E-state index in [2.05, 4.69) is 26.2 Å². The van der Waals surface area contributed by atoms with E-state index in [9.17, 15) is 0 Å². The number of hydrazine groups is 1. The zero-order valence-electron chi connectivity index (χ0n) is 12.9. The Morgan fingerprint density at radius 3 is 2.05 bits per heavy atom. The number of hydrogen-bond acceptors (Lipinski definition) is 2. The lowest BCUT2D eigenvalue weighted by atomic mass is 9.69. The smallest absolute Gasteiger partial charge is 0.114 e. The summed E-state index contributed by atoms with van der Waals surface area (Å²) in [5.74, 6) is 8.23. The summed E-state index contributed by atoms with van der Waals surface area (Å²) in [6.07, 6.45) is 10.3. The molecule has 0 bridgehead atoms. The van der Waals surface area contributed by atoms with Gasteiger partial charge in [0.2, 0.25) is 0 Å². The van der Waals surface area contributed by atoms with Crippen LogP contribution in [0.3, 0.4) is 0 Å². The van der Waals surface area contributed by atoms with Gasteiger partial charge in [0.1, 0.15) is 5.84 Å². The molecular weight excluding hydrogens is 234 g/mol. The largest absolute Gasteiger partial charge is 0.312 e. The number of nitrogens with zero attached hydrogens (tertiary/aromatic N) is 1. The first-order chi connectivity index (χ1) is 9.00. The molecule has 0 aromatic carbocycles. The summed E-state index contributed by atoms with van der Waals surface area (Å²) in [5.41, 5.74) is 3.35. The van der Waals surface area contributed by atoms with E-state index in [1.54, 1.807) is 0 Å². The second-order valence-electron chi connectivity index (χ2n) is 7.51. The Kier molecular flexibility index (Phi) is 4.88. The molecule has 0 amide bonds. The average molecular weight is 265 g/mol. The number of nitrogens with two attached hydrogens (primary N) is 1. The van der Waals surface area contributed by atoms with Gasteiger partial charge >= 0.3 is 0 Å². The minimum atomic E-state index is 0.448. The van der Waals surface area contributed by atoms with Crippen molar-refractivity contribution in [2.45, 2.75) is 78.2 Å². The molecule has 0 atom stereocenters. The van der Waals surface area contributed by atoms with Gasteiger partial charge in [-0.1, -0.05) is 33.6 Å². The van der Waals surface area contributed by atoms with Crippen LogP contribution in [0.1, 0.15) is 72.1 Å². The standard InChI is InChI=1S/C16H31N3/c1-16(2,3)13-10-8-12(9-11-13)15(19-17)18-14-6-4-5-7-14/h12-14H,4-11,17H2,1-3H3,(H,18,19). The van der Waals surface area contributed by atoms with E-state index < -0.39 is 0 Å². The summed E-state index contributed by atoms with van der Waals surface area (Å²) in [6, 6.07) is 0.534. The van der Waals surface area contributed by atoms with Crippen molar-refractivity contribution in [3.63, 3.8) is 0 Å². The maximum Gasteiger partial charge on any atom is 0.114 e. The van der Waals surface area contributed by atoms with Gasteiger partial charge in [0.15, 0.2) is 0 Å². The van der Waals surface area contributed by atoms with Crippen molar-refractivity contribution in [1.82, 2.24) is 5.43 Å². The van der Waals surface area contributed by atoms with Crippen LogP contribution in [0, 0.1) is 17.3 Å². The van der Waals surface area contributed by atoms with E-state index in [4.69, 9.17) is 10.8 Å². The number of hydrogen-bond donors (Lipinski definition) is 2. The molecule has 2 fully saturated rings. The molecule has 0 aliphatic heterocycles. The molecule has 0 unspecified atom stereocenters. The summed E-state index contributed by atoms with van der Waals surface area (Å²) in [6.45, 7) is 7.10. The van der Waals surface area contributed by atoms with E-state index in [1.807, 2.05) is 0 Å². The molecule has 2 rings (SSSR count). The highest BCUT2D eigenvalue weighted by Crippen LogP contribution is 2.40. The molecule has 110 valence electrons. The molecular formula is C16H31N3. The number of amidine groups is 1. The highest BCUT2D eigenvalue weighted by molar-refractivity contribution is 5.84. The molecule has 3 heteroatoms. The van der Waals surface area contributed by atoms with Crippen LogP contribution >= 0.6 is 0 Å². The van der Waals surface area contributed by atoms with E-state index in [0.29, 0.717) is 17.4 Å². The van der Waals surface area contributed by atoms with Crippen molar-refractivity contribution in [3.05, 3.63) is 0 Å². The van der Waals surface area contributed by atoms with Crippen LogP contribution in [0.4, 0.5) is 0 Å². The fourth-order valence-electron chi connectivity index (χ4n) is 3.72. The SMILES string of the molecule is CC(C)(C)C1CCC(C(=NC2CCCC2)NN)CC1. The molecule has 0 saturated heterocycles. The lowest BCUT2D eigenvalue weighted by Crippen LogP contribution is -2.39. The normalized spacial score (nSPS) is 30.6. The van der Waals surface area contributed by atoms with Crippen molar-refractivity contribution in [2.24, 2.45) is 28.1 Å². The third-order valence-corrected chi connectivity index (χ3v) is 5.13. The Labute approximate surface area is 118 Å². The predicted molar refractivity (Wildman–Crippen MR) is 81.9 cm³/mol. The van der Waals surface area contributed by atoms with Crippen LogP contribution in [-0.4, -0.2) is 11.9 Å². The van der Waals surface area contributed by atoms with Gasteiger partial charge in [-0.05, 0) is 49.9 Å². The Hall–Kier alpha value is -0.570. The Balaban J connectivity index is 1.91. The van der Waals surface area contributed by atoms with Gasteiger partial charge < -0.3 is 5.43 Å². The molecule has 19 heavy (non-hydrogen) atoms. The summed E-state index contributed by atoms with van der Waals surface area (Å²) in [5, 5.41) is 0. The second kappa shape index (κ2) is 6.25. The van der Waals surface area contributed by atoms with E-state index in [0.717, 1.165) is 11.8 Å². The molecule has 0 aromatic rings. The molecule has 0 heterocycles. The Bertz CT molecular complexity index is 302. The highest BCUT2D eigenvalue weighted by atomic mass is 15.3. The Morgan fingerprint density at radius 2 is 1.58 bits per heavy atom. The zero-order valence-corrected chi connectivity index (χ0v) is 12.9. The van der Waals surface area contributed by atoms with Crippen molar-refractivity contribution >= 4 is 5.84 Å². The molecule has 2 aliphatic rings. The van der Waals surface area contributed by atoms with Gasteiger partial charge in [-0.3, -0.25) is 4.99 Å². The van der Waals surface area contributed by atoms with Crippen LogP contribution in [0.5, 0.6) is 0 Å². The summed E-state index contributed by atoms with van der Waals surface area (Å²) in [4.78, 5) is 4.89. The first kappa shape index (κ1) is 14.8.